The van der Waals surface area contributed by atoms with E-state index in [0.29, 0.717) is 30.8 Å². The number of rotatable bonds is 3. The first-order chi connectivity index (χ1) is 10.7. The van der Waals surface area contributed by atoms with Crippen LogP contribution >= 0.6 is 0 Å². The number of carbonyl (C=O) groups excluding carboxylic acids is 1. The van der Waals surface area contributed by atoms with Gasteiger partial charge < -0.3 is 14.4 Å². The average molecular weight is 322 g/mol. The SMILES string of the molecule is Cc1c(O[C@@H]2CCN(C(=O)OC(C)(C)C)C2)cccc1[N+](=O)[O-]. The number of nitro benzene ring substituents is 1. The van der Waals surface area contributed by atoms with E-state index in [2.05, 4.69) is 0 Å². The van der Waals surface area contributed by atoms with E-state index in [-0.39, 0.29) is 17.9 Å². The van der Waals surface area contributed by atoms with Crippen LogP contribution in [0, 0.1) is 17.0 Å². The number of nitrogens with zero attached hydrogens (tertiary/aromatic N) is 2. The number of carbonyl (C=O) groups is 1. The second kappa shape index (κ2) is 6.44. The fourth-order valence-electron chi connectivity index (χ4n) is 2.42. The van der Waals surface area contributed by atoms with Gasteiger partial charge in [-0.3, -0.25) is 10.1 Å². The molecule has 0 radical (unpaired) electrons. The smallest absolute Gasteiger partial charge is 0.410 e. The summed E-state index contributed by atoms with van der Waals surface area (Å²) in [5.74, 6) is 0.482. The molecule has 0 aliphatic carbocycles. The van der Waals surface area contributed by atoms with Crippen LogP contribution in [0.1, 0.15) is 32.8 Å². The van der Waals surface area contributed by atoms with Crippen molar-refractivity contribution in [1.82, 2.24) is 4.90 Å². The van der Waals surface area contributed by atoms with Crippen LogP contribution in [-0.4, -0.2) is 40.7 Å². The van der Waals surface area contributed by atoms with Crippen LogP contribution in [0.25, 0.3) is 0 Å². The monoisotopic (exact) mass is 322 g/mol. The zero-order valence-electron chi connectivity index (χ0n) is 13.9. The first-order valence-electron chi connectivity index (χ1n) is 7.56. The maximum atomic E-state index is 12.0. The van der Waals surface area contributed by atoms with Gasteiger partial charge >= 0.3 is 6.09 Å². The van der Waals surface area contributed by atoms with E-state index >= 15 is 0 Å². The lowest BCUT2D eigenvalue weighted by molar-refractivity contribution is -0.385. The first kappa shape index (κ1) is 17.1. The first-order valence-corrected chi connectivity index (χ1v) is 7.56. The quantitative estimate of drug-likeness (QED) is 0.630. The standard InChI is InChI=1S/C16H22N2O5/c1-11-13(18(20)21)6-5-7-14(11)22-12-8-9-17(10-12)15(19)23-16(2,3)4/h5-7,12H,8-10H2,1-4H3/t12-/m1/s1. The zero-order valence-corrected chi connectivity index (χ0v) is 13.9. The summed E-state index contributed by atoms with van der Waals surface area (Å²) in [7, 11) is 0. The molecular weight excluding hydrogens is 300 g/mol. The van der Waals surface area contributed by atoms with Gasteiger partial charge in [0.1, 0.15) is 17.5 Å². The molecule has 1 aromatic rings. The van der Waals surface area contributed by atoms with Gasteiger partial charge in [0.05, 0.1) is 17.0 Å². The molecule has 1 heterocycles. The van der Waals surface area contributed by atoms with Crippen molar-refractivity contribution in [3.63, 3.8) is 0 Å². The lowest BCUT2D eigenvalue weighted by Crippen LogP contribution is -2.36. The van der Waals surface area contributed by atoms with Crippen molar-refractivity contribution in [3.05, 3.63) is 33.9 Å². The summed E-state index contributed by atoms with van der Waals surface area (Å²) in [4.78, 5) is 24.2. The third-order valence-electron chi connectivity index (χ3n) is 3.54. The molecule has 2 rings (SSSR count). The number of amides is 1. The Morgan fingerprint density at radius 3 is 2.70 bits per heavy atom. The van der Waals surface area contributed by atoms with Gasteiger partial charge in [0.15, 0.2) is 0 Å². The molecule has 126 valence electrons. The van der Waals surface area contributed by atoms with Crippen LogP contribution in [0.4, 0.5) is 10.5 Å². The average Bonchev–Trinajstić information content (AvgIpc) is 2.87. The Bertz CT molecular complexity index is 609. The van der Waals surface area contributed by atoms with Crippen molar-refractivity contribution in [2.24, 2.45) is 0 Å². The molecule has 0 unspecified atom stereocenters. The highest BCUT2D eigenvalue weighted by Gasteiger charge is 2.31. The maximum absolute atomic E-state index is 12.0. The molecule has 1 saturated heterocycles. The van der Waals surface area contributed by atoms with Gasteiger partial charge in [0, 0.05) is 19.0 Å². The molecule has 0 spiro atoms. The second-order valence-corrected chi connectivity index (χ2v) is 6.61. The van der Waals surface area contributed by atoms with Crippen molar-refractivity contribution in [2.45, 2.75) is 45.8 Å². The predicted molar refractivity (Wildman–Crippen MR) is 84.7 cm³/mol. The summed E-state index contributed by atoms with van der Waals surface area (Å²) in [6, 6.07) is 4.75. The maximum Gasteiger partial charge on any atom is 0.410 e. The van der Waals surface area contributed by atoms with Gasteiger partial charge in [-0.1, -0.05) is 6.07 Å². The molecule has 0 aromatic heterocycles. The summed E-state index contributed by atoms with van der Waals surface area (Å²) in [6.45, 7) is 8.09. The Morgan fingerprint density at radius 1 is 1.39 bits per heavy atom. The van der Waals surface area contributed by atoms with Crippen molar-refractivity contribution >= 4 is 11.8 Å². The van der Waals surface area contributed by atoms with Gasteiger partial charge in [-0.15, -0.1) is 0 Å². The number of hydrogen-bond donors (Lipinski definition) is 0. The molecule has 0 N–H and O–H groups in total. The molecule has 1 amide bonds. The van der Waals surface area contributed by atoms with Gasteiger partial charge in [-0.25, -0.2) is 4.79 Å². The van der Waals surface area contributed by atoms with E-state index in [9.17, 15) is 14.9 Å². The van der Waals surface area contributed by atoms with E-state index in [1.54, 1.807) is 24.0 Å². The number of nitro groups is 1. The third-order valence-corrected chi connectivity index (χ3v) is 3.54. The highest BCUT2D eigenvalue weighted by atomic mass is 16.6. The minimum Gasteiger partial charge on any atom is -0.488 e. The van der Waals surface area contributed by atoms with Crippen LogP contribution in [-0.2, 0) is 4.74 Å². The number of likely N-dealkylation sites (tertiary alicyclic amines) is 1. The van der Waals surface area contributed by atoms with E-state index in [1.165, 1.54) is 6.07 Å². The Kier molecular flexibility index (Phi) is 4.77. The molecule has 23 heavy (non-hydrogen) atoms. The molecular formula is C16H22N2O5. The predicted octanol–water partition coefficient (Wildman–Crippen LogP) is 3.29. The second-order valence-electron chi connectivity index (χ2n) is 6.61. The number of benzene rings is 1. The Labute approximate surface area is 135 Å². The van der Waals surface area contributed by atoms with Crippen molar-refractivity contribution < 1.29 is 19.2 Å². The van der Waals surface area contributed by atoms with E-state index < -0.39 is 10.5 Å². The van der Waals surface area contributed by atoms with Gasteiger partial charge in [-0.2, -0.15) is 0 Å². The molecule has 0 bridgehead atoms. The molecule has 1 aliphatic heterocycles. The molecule has 7 heteroatoms. The fraction of sp³-hybridized carbons (Fsp3) is 0.562. The largest absolute Gasteiger partial charge is 0.488 e. The number of hydrogen-bond acceptors (Lipinski definition) is 5. The Balaban J connectivity index is 2.00. The summed E-state index contributed by atoms with van der Waals surface area (Å²) >= 11 is 0. The molecule has 1 aliphatic rings. The van der Waals surface area contributed by atoms with E-state index in [0.717, 1.165) is 0 Å². The highest BCUT2D eigenvalue weighted by Crippen LogP contribution is 2.29. The molecule has 1 atom stereocenters. The van der Waals surface area contributed by atoms with Crippen LogP contribution in [0.5, 0.6) is 5.75 Å². The topological polar surface area (TPSA) is 81.9 Å². The van der Waals surface area contributed by atoms with Crippen molar-refractivity contribution in [3.8, 4) is 5.75 Å². The summed E-state index contributed by atoms with van der Waals surface area (Å²) in [5, 5.41) is 11.0. The third kappa shape index (κ3) is 4.34. The minimum atomic E-state index is -0.535. The van der Waals surface area contributed by atoms with Crippen LogP contribution in [0.2, 0.25) is 0 Å². The zero-order chi connectivity index (χ0) is 17.2. The van der Waals surface area contributed by atoms with Gasteiger partial charge in [0.25, 0.3) is 5.69 Å². The van der Waals surface area contributed by atoms with Crippen molar-refractivity contribution in [1.29, 1.82) is 0 Å². The van der Waals surface area contributed by atoms with Gasteiger partial charge in [-0.05, 0) is 33.8 Å². The molecule has 0 saturated carbocycles. The molecule has 7 nitrogen and oxygen atoms in total. The van der Waals surface area contributed by atoms with Gasteiger partial charge in [0.2, 0.25) is 0 Å². The summed E-state index contributed by atoms with van der Waals surface area (Å²) in [6.07, 6.45) is 0.115. The molecule has 1 aromatic carbocycles. The number of ether oxygens (including phenoxy) is 2. The summed E-state index contributed by atoms with van der Waals surface area (Å²) < 4.78 is 11.2. The normalized spacial score (nSPS) is 17.9. The summed E-state index contributed by atoms with van der Waals surface area (Å²) in [5.41, 5.74) is -0.00940. The Morgan fingerprint density at radius 2 is 2.09 bits per heavy atom. The van der Waals surface area contributed by atoms with Crippen LogP contribution in [0.3, 0.4) is 0 Å². The highest BCUT2D eigenvalue weighted by molar-refractivity contribution is 5.68. The lowest BCUT2D eigenvalue weighted by Gasteiger charge is -2.24. The van der Waals surface area contributed by atoms with Crippen LogP contribution in [0.15, 0.2) is 18.2 Å². The fourth-order valence-corrected chi connectivity index (χ4v) is 2.42. The van der Waals surface area contributed by atoms with E-state index in [4.69, 9.17) is 9.47 Å². The van der Waals surface area contributed by atoms with E-state index in [1.807, 2.05) is 20.8 Å². The Hall–Kier alpha value is -2.31. The molecule has 1 fully saturated rings. The van der Waals surface area contributed by atoms with Crippen LogP contribution < -0.4 is 4.74 Å². The lowest BCUT2D eigenvalue weighted by atomic mass is 10.2. The van der Waals surface area contributed by atoms with Crippen molar-refractivity contribution in [2.75, 3.05) is 13.1 Å². The minimum absolute atomic E-state index is 0.0319.